The molecule has 0 aromatic heterocycles. The lowest BCUT2D eigenvalue weighted by Crippen LogP contribution is -2.52. The van der Waals surface area contributed by atoms with E-state index < -0.39 is 0 Å². The zero-order chi connectivity index (χ0) is 15.0. The summed E-state index contributed by atoms with van der Waals surface area (Å²) in [7, 11) is 1.41. The Hall–Kier alpha value is -0.980. The van der Waals surface area contributed by atoms with E-state index in [0.717, 1.165) is 35.0 Å². The molecular formula is C15H20BrClN2O3. The van der Waals surface area contributed by atoms with Crippen LogP contribution in [0.25, 0.3) is 0 Å². The molecule has 1 spiro atoms. The van der Waals surface area contributed by atoms with Crippen molar-refractivity contribution in [1.82, 2.24) is 4.90 Å². The number of hydrogen-bond donors (Lipinski definition) is 1. The van der Waals surface area contributed by atoms with Gasteiger partial charge in [0.05, 0.1) is 7.11 Å². The van der Waals surface area contributed by atoms with Crippen molar-refractivity contribution < 1.29 is 14.3 Å². The second-order valence-corrected chi connectivity index (χ2v) is 6.65. The van der Waals surface area contributed by atoms with Gasteiger partial charge in [-0.1, -0.05) is 15.9 Å². The first-order valence-electron chi connectivity index (χ1n) is 7.10. The third kappa shape index (κ3) is 3.19. The van der Waals surface area contributed by atoms with Crippen LogP contribution in [-0.4, -0.2) is 36.8 Å². The minimum atomic E-state index is -0.269. The van der Waals surface area contributed by atoms with E-state index >= 15 is 0 Å². The maximum absolute atomic E-state index is 11.6. The highest BCUT2D eigenvalue weighted by molar-refractivity contribution is 9.10. The summed E-state index contributed by atoms with van der Waals surface area (Å²) in [5.74, 6) is 0.864. The van der Waals surface area contributed by atoms with E-state index in [2.05, 4.69) is 15.9 Å². The number of piperidine rings is 1. The number of methoxy groups -OCH3 is 1. The van der Waals surface area contributed by atoms with Gasteiger partial charge in [0.2, 0.25) is 0 Å². The van der Waals surface area contributed by atoms with E-state index in [1.807, 2.05) is 18.2 Å². The van der Waals surface area contributed by atoms with Gasteiger partial charge in [-0.3, -0.25) is 0 Å². The normalized spacial score (nSPS) is 22.3. The molecule has 1 aromatic rings. The second-order valence-electron chi connectivity index (χ2n) is 5.73. The summed E-state index contributed by atoms with van der Waals surface area (Å²) in [4.78, 5) is 13.3. The number of nitrogens with zero attached hydrogens (tertiary/aromatic N) is 1. The summed E-state index contributed by atoms with van der Waals surface area (Å²) in [6.45, 7) is 1.29. The number of fused-ring (bicyclic) bond motifs is 1. The molecule has 2 aliphatic rings. The van der Waals surface area contributed by atoms with Crippen LogP contribution in [0.3, 0.4) is 0 Å². The molecule has 2 heterocycles. The van der Waals surface area contributed by atoms with Gasteiger partial charge in [-0.2, -0.15) is 0 Å². The Balaban J connectivity index is 0.00000176. The van der Waals surface area contributed by atoms with Crippen molar-refractivity contribution >= 4 is 34.4 Å². The summed E-state index contributed by atoms with van der Waals surface area (Å²) < 4.78 is 12.1. The van der Waals surface area contributed by atoms with Gasteiger partial charge in [-0.05, 0) is 18.2 Å². The zero-order valence-corrected chi connectivity index (χ0v) is 14.8. The Bertz CT molecular complexity index is 562. The van der Waals surface area contributed by atoms with Gasteiger partial charge < -0.3 is 20.1 Å². The fourth-order valence-corrected chi connectivity index (χ4v) is 3.60. The van der Waals surface area contributed by atoms with Crippen LogP contribution in [0.1, 0.15) is 30.9 Å². The lowest BCUT2D eigenvalue weighted by atomic mass is 9.81. The third-order valence-electron chi connectivity index (χ3n) is 4.40. The number of ether oxygens (including phenoxy) is 2. The number of hydrogen-bond acceptors (Lipinski definition) is 4. The number of nitrogens with two attached hydrogens (primary N) is 1. The standard InChI is InChI=1S/C15H19BrN2O3.ClH/c1-20-14(19)18-6-4-15(5-7-18)9-12(17)11-8-10(16)2-3-13(11)21-15;/h2-3,8,12H,4-7,9,17H2,1H3;1H. The lowest BCUT2D eigenvalue weighted by Gasteiger charge is -2.45. The molecule has 122 valence electrons. The van der Waals surface area contributed by atoms with Crippen LogP contribution >= 0.6 is 28.3 Å². The van der Waals surface area contributed by atoms with Crippen LogP contribution in [0.4, 0.5) is 4.79 Å². The smallest absolute Gasteiger partial charge is 0.409 e. The summed E-state index contributed by atoms with van der Waals surface area (Å²) in [6.07, 6.45) is 2.08. The summed E-state index contributed by atoms with van der Waals surface area (Å²) in [5.41, 5.74) is 7.12. The number of amides is 1. The summed E-state index contributed by atoms with van der Waals surface area (Å²) in [5, 5.41) is 0. The first-order valence-corrected chi connectivity index (χ1v) is 7.89. The number of rotatable bonds is 0. The Kier molecular flexibility index (Phi) is 5.25. The third-order valence-corrected chi connectivity index (χ3v) is 4.89. The van der Waals surface area contributed by atoms with E-state index in [1.54, 1.807) is 4.90 Å². The van der Waals surface area contributed by atoms with Crippen LogP contribution in [0.2, 0.25) is 0 Å². The van der Waals surface area contributed by atoms with Crippen LogP contribution in [0.15, 0.2) is 22.7 Å². The molecule has 1 amide bonds. The lowest BCUT2D eigenvalue weighted by molar-refractivity contribution is -0.0192. The Morgan fingerprint density at radius 1 is 1.45 bits per heavy atom. The number of carbonyl (C=O) groups excluding carboxylic acids is 1. The van der Waals surface area contributed by atoms with Crippen LogP contribution in [-0.2, 0) is 4.74 Å². The van der Waals surface area contributed by atoms with E-state index in [9.17, 15) is 4.79 Å². The highest BCUT2D eigenvalue weighted by atomic mass is 79.9. The molecule has 2 N–H and O–H groups in total. The fourth-order valence-electron chi connectivity index (χ4n) is 3.22. The average Bonchev–Trinajstić information content (AvgIpc) is 2.48. The molecule has 1 unspecified atom stereocenters. The van der Waals surface area contributed by atoms with E-state index in [-0.39, 0.29) is 30.1 Å². The van der Waals surface area contributed by atoms with Crippen molar-refractivity contribution in [1.29, 1.82) is 0 Å². The van der Waals surface area contributed by atoms with Gasteiger partial charge in [-0.25, -0.2) is 4.79 Å². The molecule has 2 aliphatic heterocycles. The molecule has 5 nitrogen and oxygen atoms in total. The van der Waals surface area contributed by atoms with Crippen molar-refractivity contribution in [2.45, 2.75) is 30.9 Å². The first kappa shape index (κ1) is 17.4. The van der Waals surface area contributed by atoms with Crippen LogP contribution in [0.5, 0.6) is 5.75 Å². The van der Waals surface area contributed by atoms with Crippen molar-refractivity contribution in [2.24, 2.45) is 5.73 Å². The van der Waals surface area contributed by atoms with Gasteiger partial charge in [0.15, 0.2) is 0 Å². The van der Waals surface area contributed by atoms with Crippen molar-refractivity contribution in [3.63, 3.8) is 0 Å². The predicted molar refractivity (Wildman–Crippen MR) is 89.5 cm³/mol. The van der Waals surface area contributed by atoms with Gasteiger partial charge in [0, 0.05) is 48.4 Å². The minimum Gasteiger partial charge on any atom is -0.487 e. The monoisotopic (exact) mass is 390 g/mol. The molecule has 0 saturated carbocycles. The molecule has 1 aromatic carbocycles. The molecule has 22 heavy (non-hydrogen) atoms. The van der Waals surface area contributed by atoms with Crippen molar-refractivity contribution in [3.05, 3.63) is 28.2 Å². The largest absolute Gasteiger partial charge is 0.487 e. The van der Waals surface area contributed by atoms with Gasteiger partial charge in [-0.15, -0.1) is 12.4 Å². The molecule has 1 atom stereocenters. The van der Waals surface area contributed by atoms with Crippen LogP contribution < -0.4 is 10.5 Å². The summed E-state index contributed by atoms with van der Waals surface area (Å²) >= 11 is 3.47. The Morgan fingerprint density at radius 2 is 2.14 bits per heavy atom. The molecule has 0 bridgehead atoms. The zero-order valence-electron chi connectivity index (χ0n) is 12.4. The molecule has 0 radical (unpaired) electrons. The average molecular weight is 392 g/mol. The topological polar surface area (TPSA) is 64.8 Å². The number of carbonyl (C=O) groups is 1. The fraction of sp³-hybridized carbons (Fsp3) is 0.533. The van der Waals surface area contributed by atoms with Gasteiger partial charge in [0.1, 0.15) is 11.4 Å². The molecule has 0 aliphatic carbocycles. The van der Waals surface area contributed by atoms with E-state index in [0.29, 0.717) is 13.1 Å². The second kappa shape index (κ2) is 6.64. The number of halogens is 2. The molecule has 3 rings (SSSR count). The maximum Gasteiger partial charge on any atom is 0.409 e. The highest BCUT2D eigenvalue weighted by Crippen LogP contribution is 2.44. The molecule has 1 saturated heterocycles. The number of benzene rings is 1. The number of likely N-dealkylation sites (tertiary alicyclic amines) is 1. The Morgan fingerprint density at radius 3 is 2.77 bits per heavy atom. The summed E-state index contributed by atoms with van der Waals surface area (Å²) in [6, 6.07) is 5.92. The van der Waals surface area contributed by atoms with E-state index in [4.69, 9.17) is 15.2 Å². The predicted octanol–water partition coefficient (Wildman–Crippen LogP) is 3.25. The highest BCUT2D eigenvalue weighted by Gasteiger charge is 2.43. The first-order chi connectivity index (χ1) is 10.0. The van der Waals surface area contributed by atoms with Crippen molar-refractivity contribution in [2.75, 3.05) is 20.2 Å². The quantitative estimate of drug-likeness (QED) is 0.737. The Labute approximate surface area is 144 Å². The van der Waals surface area contributed by atoms with Gasteiger partial charge >= 0.3 is 6.09 Å². The molecular weight excluding hydrogens is 372 g/mol. The van der Waals surface area contributed by atoms with Crippen molar-refractivity contribution in [3.8, 4) is 5.75 Å². The minimum absolute atomic E-state index is 0. The maximum atomic E-state index is 11.6. The molecule has 7 heteroatoms. The SMILES string of the molecule is COC(=O)N1CCC2(CC1)CC(N)c1cc(Br)ccc1O2.Cl. The van der Waals surface area contributed by atoms with Crippen LogP contribution in [0, 0.1) is 0 Å². The van der Waals surface area contributed by atoms with Gasteiger partial charge in [0.25, 0.3) is 0 Å². The van der Waals surface area contributed by atoms with E-state index in [1.165, 1.54) is 7.11 Å². The molecule has 1 fully saturated rings.